The van der Waals surface area contributed by atoms with E-state index in [1.54, 1.807) is 12.1 Å². The molecule has 0 atom stereocenters. The molecule has 0 radical (unpaired) electrons. The molecule has 0 N–H and O–H groups in total. The second-order valence-electron chi connectivity index (χ2n) is 7.89. The number of ketones is 1. The number of ether oxygens (including phenoxy) is 1. The molecule has 31 heavy (non-hydrogen) atoms. The minimum Gasteiger partial charge on any atom is -0.454 e. The van der Waals surface area contributed by atoms with Crippen molar-refractivity contribution in [2.24, 2.45) is 0 Å². The van der Waals surface area contributed by atoms with E-state index in [4.69, 9.17) is 16.3 Å². The Morgan fingerprint density at radius 1 is 1.03 bits per heavy atom. The van der Waals surface area contributed by atoms with Crippen LogP contribution in [-0.2, 0) is 14.8 Å². The SMILES string of the molecule is CN(C)S(=O)(=O)c1ccc(Cl)c(C(=O)OCC(=O)c2ccc(C3CCCCC3)cc2)c1. The molecule has 0 spiro atoms. The van der Waals surface area contributed by atoms with E-state index < -0.39 is 22.6 Å². The fraction of sp³-hybridized carbons (Fsp3) is 0.391. The van der Waals surface area contributed by atoms with Crippen LogP contribution in [-0.4, -0.2) is 45.2 Å². The zero-order chi connectivity index (χ0) is 22.6. The van der Waals surface area contributed by atoms with E-state index in [1.807, 2.05) is 12.1 Å². The Morgan fingerprint density at radius 3 is 2.29 bits per heavy atom. The van der Waals surface area contributed by atoms with Gasteiger partial charge in [-0.3, -0.25) is 4.79 Å². The van der Waals surface area contributed by atoms with E-state index in [2.05, 4.69) is 0 Å². The number of halogens is 1. The highest BCUT2D eigenvalue weighted by molar-refractivity contribution is 7.89. The summed E-state index contributed by atoms with van der Waals surface area (Å²) in [7, 11) is -0.959. The van der Waals surface area contributed by atoms with Crippen molar-refractivity contribution in [2.45, 2.75) is 42.9 Å². The number of carbonyl (C=O) groups excluding carboxylic acids is 2. The van der Waals surface area contributed by atoms with E-state index in [0.29, 0.717) is 11.5 Å². The lowest BCUT2D eigenvalue weighted by molar-refractivity contribution is 0.0474. The molecule has 2 aromatic carbocycles. The van der Waals surface area contributed by atoms with Crippen molar-refractivity contribution >= 4 is 33.4 Å². The molecule has 1 saturated carbocycles. The van der Waals surface area contributed by atoms with Crippen molar-refractivity contribution < 1.29 is 22.7 Å². The molecule has 3 rings (SSSR count). The zero-order valence-corrected chi connectivity index (χ0v) is 19.2. The fourth-order valence-electron chi connectivity index (χ4n) is 3.70. The average Bonchev–Trinajstić information content (AvgIpc) is 2.78. The van der Waals surface area contributed by atoms with Crippen molar-refractivity contribution in [3.63, 3.8) is 0 Å². The Labute approximate surface area is 188 Å². The summed E-state index contributed by atoms with van der Waals surface area (Å²) < 4.78 is 30.7. The van der Waals surface area contributed by atoms with Gasteiger partial charge in [-0.15, -0.1) is 0 Å². The lowest BCUT2D eigenvalue weighted by Crippen LogP contribution is -2.22. The summed E-state index contributed by atoms with van der Waals surface area (Å²) >= 11 is 6.05. The number of esters is 1. The van der Waals surface area contributed by atoms with Crippen LogP contribution in [0.2, 0.25) is 5.02 Å². The third-order valence-corrected chi connectivity index (χ3v) is 7.72. The summed E-state index contributed by atoms with van der Waals surface area (Å²) in [5.74, 6) is -0.645. The minimum absolute atomic E-state index is 0.0481. The minimum atomic E-state index is -3.74. The normalized spacial score (nSPS) is 15.1. The molecule has 8 heteroatoms. The quantitative estimate of drug-likeness (QED) is 0.440. The van der Waals surface area contributed by atoms with Gasteiger partial charge in [0, 0.05) is 19.7 Å². The van der Waals surface area contributed by atoms with Gasteiger partial charge < -0.3 is 4.74 Å². The first-order chi connectivity index (χ1) is 14.7. The number of nitrogens with zero attached hydrogens (tertiary/aromatic N) is 1. The molecule has 166 valence electrons. The third kappa shape index (κ3) is 5.53. The summed E-state index contributed by atoms with van der Waals surface area (Å²) in [4.78, 5) is 24.8. The van der Waals surface area contributed by atoms with Gasteiger partial charge in [-0.1, -0.05) is 55.1 Å². The maximum Gasteiger partial charge on any atom is 0.340 e. The number of hydrogen-bond donors (Lipinski definition) is 0. The van der Waals surface area contributed by atoms with Gasteiger partial charge in [0.2, 0.25) is 10.0 Å². The number of carbonyl (C=O) groups is 2. The van der Waals surface area contributed by atoms with E-state index in [-0.39, 0.29) is 21.3 Å². The lowest BCUT2D eigenvalue weighted by Gasteiger charge is -2.22. The molecule has 0 bridgehead atoms. The van der Waals surface area contributed by atoms with Gasteiger partial charge in [-0.25, -0.2) is 17.5 Å². The highest BCUT2D eigenvalue weighted by Gasteiger charge is 2.22. The van der Waals surface area contributed by atoms with Crippen molar-refractivity contribution in [3.05, 3.63) is 64.2 Å². The first-order valence-electron chi connectivity index (χ1n) is 10.2. The monoisotopic (exact) mass is 463 g/mol. The average molecular weight is 464 g/mol. The van der Waals surface area contributed by atoms with Crippen molar-refractivity contribution in [1.82, 2.24) is 4.31 Å². The van der Waals surface area contributed by atoms with Crippen LogP contribution >= 0.6 is 11.6 Å². The Kier molecular flexibility index (Phi) is 7.51. The van der Waals surface area contributed by atoms with Crippen molar-refractivity contribution in [2.75, 3.05) is 20.7 Å². The van der Waals surface area contributed by atoms with E-state index in [1.165, 1.54) is 63.9 Å². The molecular weight excluding hydrogens is 438 g/mol. The largest absolute Gasteiger partial charge is 0.454 e. The van der Waals surface area contributed by atoms with Crippen molar-refractivity contribution in [1.29, 1.82) is 0 Å². The predicted molar refractivity (Wildman–Crippen MR) is 119 cm³/mol. The van der Waals surface area contributed by atoms with Gasteiger partial charge in [0.15, 0.2) is 12.4 Å². The van der Waals surface area contributed by atoms with E-state index in [0.717, 1.165) is 10.4 Å². The molecule has 0 aliphatic heterocycles. The summed E-state index contributed by atoms with van der Waals surface area (Å²) in [6, 6.07) is 11.3. The standard InChI is InChI=1S/C23H26ClNO5S/c1-25(2)31(28,29)19-12-13-21(24)20(14-19)23(27)30-15-22(26)18-10-8-17(9-11-18)16-6-4-3-5-7-16/h8-14,16H,3-7,15H2,1-2H3. The molecule has 0 saturated heterocycles. The number of sulfonamides is 1. The Morgan fingerprint density at radius 2 is 1.68 bits per heavy atom. The van der Waals surface area contributed by atoms with Crippen molar-refractivity contribution in [3.8, 4) is 0 Å². The molecule has 1 aliphatic rings. The second-order valence-corrected chi connectivity index (χ2v) is 10.4. The summed E-state index contributed by atoms with van der Waals surface area (Å²) in [5, 5.41) is 0.0481. The van der Waals surface area contributed by atoms with E-state index >= 15 is 0 Å². The first kappa shape index (κ1) is 23.4. The van der Waals surface area contributed by atoms with Crippen LogP contribution in [0, 0.1) is 0 Å². The maximum absolute atomic E-state index is 12.5. The van der Waals surface area contributed by atoms with Gasteiger partial charge in [0.25, 0.3) is 0 Å². The van der Waals surface area contributed by atoms with Crippen LogP contribution in [0.1, 0.15) is 64.3 Å². The van der Waals surface area contributed by atoms with Crippen LogP contribution in [0.25, 0.3) is 0 Å². The molecule has 0 heterocycles. The van der Waals surface area contributed by atoms with Crippen LogP contribution in [0.5, 0.6) is 0 Å². The van der Waals surface area contributed by atoms with Crippen LogP contribution in [0.4, 0.5) is 0 Å². The predicted octanol–water partition coefficient (Wildman–Crippen LogP) is 4.68. The molecule has 0 aromatic heterocycles. The van der Waals surface area contributed by atoms with Gasteiger partial charge >= 0.3 is 5.97 Å². The summed E-state index contributed by atoms with van der Waals surface area (Å²) in [5.41, 5.74) is 1.59. The van der Waals surface area contributed by atoms with Gasteiger partial charge in [0.1, 0.15) is 0 Å². The molecular formula is C23H26ClNO5S. The van der Waals surface area contributed by atoms with Gasteiger partial charge in [-0.05, 0) is 42.5 Å². The topological polar surface area (TPSA) is 80.8 Å². The highest BCUT2D eigenvalue weighted by atomic mass is 35.5. The molecule has 1 aliphatic carbocycles. The second kappa shape index (κ2) is 9.94. The van der Waals surface area contributed by atoms with Crippen LogP contribution in [0.3, 0.4) is 0 Å². The zero-order valence-electron chi connectivity index (χ0n) is 17.6. The third-order valence-electron chi connectivity index (χ3n) is 5.58. The summed E-state index contributed by atoms with van der Waals surface area (Å²) in [6.07, 6.45) is 6.11. The molecule has 2 aromatic rings. The molecule has 0 unspecified atom stereocenters. The maximum atomic E-state index is 12.5. The molecule has 6 nitrogen and oxygen atoms in total. The Hall–Kier alpha value is -2.22. The van der Waals surface area contributed by atoms with Crippen LogP contribution in [0.15, 0.2) is 47.4 Å². The number of hydrogen-bond acceptors (Lipinski definition) is 5. The molecule has 0 amide bonds. The number of rotatable bonds is 7. The fourth-order valence-corrected chi connectivity index (χ4v) is 4.82. The van der Waals surface area contributed by atoms with Gasteiger partial charge in [-0.2, -0.15) is 0 Å². The van der Waals surface area contributed by atoms with Crippen LogP contribution < -0.4 is 0 Å². The molecule has 1 fully saturated rings. The van der Waals surface area contributed by atoms with Gasteiger partial charge in [0.05, 0.1) is 15.5 Å². The Bertz CT molecular complexity index is 1060. The number of Topliss-reactive ketones (excluding diaryl/α,β-unsaturated/α-hetero) is 1. The highest BCUT2D eigenvalue weighted by Crippen LogP contribution is 2.32. The summed E-state index contributed by atoms with van der Waals surface area (Å²) in [6.45, 7) is -0.456. The number of benzene rings is 2. The van der Waals surface area contributed by atoms with E-state index in [9.17, 15) is 18.0 Å². The smallest absolute Gasteiger partial charge is 0.340 e. The Balaban J connectivity index is 1.66. The lowest BCUT2D eigenvalue weighted by atomic mass is 9.84. The first-order valence-corrected chi connectivity index (χ1v) is 12.0.